The first-order chi connectivity index (χ1) is 7.66. The highest BCUT2D eigenvalue weighted by Crippen LogP contribution is 2.11. The number of benzene rings is 1. The minimum absolute atomic E-state index is 0.0435. The number of aryl methyl sites for hydroxylation is 3. The first-order valence-electron chi connectivity index (χ1n) is 5.16. The van der Waals surface area contributed by atoms with Gasteiger partial charge in [0.15, 0.2) is 0 Å². The number of halogens is 1. The number of rotatable bonds is 3. The van der Waals surface area contributed by atoms with Crippen molar-refractivity contribution >= 4 is 11.6 Å². The number of hydrogen-bond acceptors (Lipinski definition) is 1. The van der Waals surface area contributed by atoms with Crippen LogP contribution >= 0.6 is 11.6 Å². The van der Waals surface area contributed by atoms with Crippen molar-refractivity contribution in [3.8, 4) is 0 Å². The predicted octanol–water partition coefficient (Wildman–Crippen LogP) is 2.38. The smallest absolute Gasteiger partial charge is 0.269 e. The van der Waals surface area contributed by atoms with Crippen LogP contribution < -0.4 is 5.56 Å². The van der Waals surface area contributed by atoms with Crippen LogP contribution in [0.2, 0.25) is 5.02 Å². The van der Waals surface area contributed by atoms with E-state index in [4.69, 9.17) is 11.6 Å². The molecule has 1 aromatic carbocycles. The maximum absolute atomic E-state index is 11.6. The number of aromatic amines is 1. The van der Waals surface area contributed by atoms with Gasteiger partial charge in [0, 0.05) is 23.3 Å². The molecular weight excluding hydrogens is 224 g/mol. The van der Waals surface area contributed by atoms with E-state index in [1.54, 1.807) is 17.8 Å². The second-order valence-corrected chi connectivity index (χ2v) is 4.23. The molecule has 0 aliphatic rings. The third-order valence-corrected chi connectivity index (χ3v) is 2.77. The van der Waals surface area contributed by atoms with E-state index in [9.17, 15) is 4.79 Å². The van der Waals surface area contributed by atoms with Gasteiger partial charge in [0.1, 0.15) is 0 Å². The SMILES string of the molecule is Cc1c[nH]n(CCc2cccc(Cl)c2)c1=O. The molecule has 0 atom stereocenters. The van der Waals surface area contributed by atoms with Crippen molar-refractivity contribution in [3.05, 3.63) is 57.0 Å². The van der Waals surface area contributed by atoms with Gasteiger partial charge in [0.2, 0.25) is 0 Å². The Balaban J connectivity index is 2.08. The summed E-state index contributed by atoms with van der Waals surface area (Å²) in [6, 6.07) is 7.69. The number of nitrogens with one attached hydrogen (secondary N) is 1. The predicted molar refractivity (Wildman–Crippen MR) is 64.9 cm³/mol. The van der Waals surface area contributed by atoms with Crippen molar-refractivity contribution < 1.29 is 0 Å². The molecular formula is C12H13ClN2O. The van der Waals surface area contributed by atoms with Crippen LogP contribution in [0.3, 0.4) is 0 Å². The summed E-state index contributed by atoms with van der Waals surface area (Å²) in [6.07, 6.45) is 2.51. The Morgan fingerprint density at radius 3 is 2.88 bits per heavy atom. The lowest BCUT2D eigenvalue weighted by molar-refractivity contribution is 0.596. The fourth-order valence-electron chi connectivity index (χ4n) is 1.61. The molecule has 16 heavy (non-hydrogen) atoms. The molecule has 4 heteroatoms. The van der Waals surface area contributed by atoms with E-state index in [2.05, 4.69) is 5.10 Å². The molecule has 0 spiro atoms. The van der Waals surface area contributed by atoms with E-state index in [0.717, 1.165) is 22.6 Å². The van der Waals surface area contributed by atoms with Gasteiger partial charge in [-0.1, -0.05) is 23.7 Å². The van der Waals surface area contributed by atoms with E-state index in [0.29, 0.717) is 6.54 Å². The molecule has 0 aliphatic heterocycles. The summed E-state index contributed by atoms with van der Waals surface area (Å²) in [6.45, 7) is 2.45. The van der Waals surface area contributed by atoms with Crippen molar-refractivity contribution in [2.45, 2.75) is 19.9 Å². The van der Waals surface area contributed by atoms with Crippen molar-refractivity contribution in [2.24, 2.45) is 0 Å². The Hall–Kier alpha value is -1.48. The monoisotopic (exact) mass is 236 g/mol. The molecule has 0 saturated carbocycles. The zero-order valence-corrected chi connectivity index (χ0v) is 9.79. The molecule has 0 saturated heterocycles. The van der Waals surface area contributed by atoms with E-state index in [1.807, 2.05) is 24.3 Å². The van der Waals surface area contributed by atoms with Crippen LogP contribution in [0.5, 0.6) is 0 Å². The van der Waals surface area contributed by atoms with Gasteiger partial charge >= 0.3 is 0 Å². The molecule has 3 nitrogen and oxygen atoms in total. The molecule has 0 fully saturated rings. The Morgan fingerprint density at radius 2 is 2.25 bits per heavy atom. The van der Waals surface area contributed by atoms with Gasteiger partial charge in [0.05, 0.1) is 0 Å². The van der Waals surface area contributed by atoms with Crippen LogP contribution in [0, 0.1) is 6.92 Å². The van der Waals surface area contributed by atoms with Gasteiger partial charge in [-0.15, -0.1) is 0 Å². The Bertz CT molecular complexity index is 542. The first-order valence-corrected chi connectivity index (χ1v) is 5.54. The van der Waals surface area contributed by atoms with Crippen molar-refractivity contribution in [3.63, 3.8) is 0 Å². The lowest BCUT2D eigenvalue weighted by Gasteiger charge is -2.02. The Morgan fingerprint density at radius 1 is 1.44 bits per heavy atom. The summed E-state index contributed by atoms with van der Waals surface area (Å²) in [5.74, 6) is 0. The van der Waals surface area contributed by atoms with Crippen LogP contribution in [0.25, 0.3) is 0 Å². The number of aromatic nitrogens is 2. The largest absolute Gasteiger partial charge is 0.303 e. The quantitative estimate of drug-likeness (QED) is 0.873. The fourth-order valence-corrected chi connectivity index (χ4v) is 1.82. The number of nitrogens with zero attached hydrogens (tertiary/aromatic N) is 1. The second kappa shape index (κ2) is 4.58. The summed E-state index contributed by atoms with van der Waals surface area (Å²) in [5.41, 5.74) is 1.92. The highest BCUT2D eigenvalue weighted by Gasteiger charge is 2.01. The van der Waals surface area contributed by atoms with Gasteiger partial charge in [-0.25, -0.2) is 0 Å². The highest BCUT2D eigenvalue weighted by atomic mass is 35.5. The molecule has 1 aromatic heterocycles. The average molecular weight is 237 g/mol. The summed E-state index contributed by atoms with van der Waals surface area (Å²) < 4.78 is 1.61. The van der Waals surface area contributed by atoms with Crippen molar-refractivity contribution in [1.82, 2.24) is 9.78 Å². The highest BCUT2D eigenvalue weighted by molar-refractivity contribution is 6.30. The molecule has 0 amide bonds. The summed E-state index contributed by atoms with van der Waals surface area (Å²) in [5, 5.41) is 3.66. The lowest BCUT2D eigenvalue weighted by Crippen LogP contribution is -2.19. The van der Waals surface area contributed by atoms with E-state index >= 15 is 0 Å². The molecule has 0 bridgehead atoms. The van der Waals surface area contributed by atoms with E-state index in [-0.39, 0.29) is 5.56 Å². The molecule has 2 aromatic rings. The maximum Gasteiger partial charge on any atom is 0.269 e. The zero-order chi connectivity index (χ0) is 11.5. The van der Waals surface area contributed by atoms with Crippen LogP contribution in [0.4, 0.5) is 0 Å². The zero-order valence-electron chi connectivity index (χ0n) is 9.03. The topological polar surface area (TPSA) is 37.8 Å². The molecule has 84 valence electrons. The third-order valence-electron chi connectivity index (χ3n) is 2.53. The first kappa shape index (κ1) is 11.0. The molecule has 0 radical (unpaired) electrons. The standard InChI is InChI=1S/C12H13ClN2O/c1-9-8-14-15(12(9)16)6-5-10-3-2-4-11(13)7-10/h2-4,7-8,14H,5-6H2,1H3. The van der Waals surface area contributed by atoms with Crippen LogP contribution in [-0.2, 0) is 13.0 Å². The average Bonchev–Trinajstić information content (AvgIpc) is 2.57. The van der Waals surface area contributed by atoms with Gasteiger partial charge in [-0.05, 0) is 31.0 Å². The molecule has 1 N–H and O–H groups in total. The molecule has 0 aliphatic carbocycles. The number of hydrogen-bond donors (Lipinski definition) is 1. The molecule has 2 rings (SSSR count). The fraction of sp³-hybridized carbons (Fsp3) is 0.250. The van der Waals surface area contributed by atoms with E-state index in [1.165, 1.54) is 0 Å². The van der Waals surface area contributed by atoms with Gasteiger partial charge in [-0.3, -0.25) is 9.48 Å². The number of H-pyrrole nitrogens is 1. The van der Waals surface area contributed by atoms with Crippen LogP contribution in [0.15, 0.2) is 35.3 Å². The van der Waals surface area contributed by atoms with Crippen LogP contribution in [0.1, 0.15) is 11.1 Å². The maximum atomic E-state index is 11.6. The third kappa shape index (κ3) is 2.36. The molecule has 1 heterocycles. The van der Waals surface area contributed by atoms with Crippen molar-refractivity contribution in [1.29, 1.82) is 0 Å². The van der Waals surface area contributed by atoms with E-state index < -0.39 is 0 Å². The Kier molecular flexibility index (Phi) is 3.15. The second-order valence-electron chi connectivity index (χ2n) is 3.79. The Labute approximate surface area is 98.7 Å². The minimum Gasteiger partial charge on any atom is -0.303 e. The van der Waals surface area contributed by atoms with Crippen LogP contribution in [-0.4, -0.2) is 9.78 Å². The summed E-state index contributed by atoms with van der Waals surface area (Å²) >= 11 is 5.89. The normalized spacial score (nSPS) is 10.6. The van der Waals surface area contributed by atoms with Gasteiger partial charge in [-0.2, -0.15) is 0 Å². The lowest BCUT2D eigenvalue weighted by atomic mass is 10.1. The molecule has 0 unspecified atom stereocenters. The summed E-state index contributed by atoms with van der Waals surface area (Å²) in [4.78, 5) is 11.6. The minimum atomic E-state index is 0.0435. The van der Waals surface area contributed by atoms with Gasteiger partial charge in [0.25, 0.3) is 5.56 Å². The van der Waals surface area contributed by atoms with Gasteiger partial charge < -0.3 is 5.10 Å². The van der Waals surface area contributed by atoms with Crippen molar-refractivity contribution in [2.75, 3.05) is 0 Å². The summed E-state index contributed by atoms with van der Waals surface area (Å²) in [7, 11) is 0.